The number of hydrogen-bond donors (Lipinski definition) is 2. The predicted molar refractivity (Wildman–Crippen MR) is 118 cm³/mol. The first-order valence-electron chi connectivity index (χ1n) is 9.24. The molecule has 4 nitrogen and oxygen atoms in total. The lowest BCUT2D eigenvalue weighted by Gasteiger charge is -2.08. The molecule has 0 aliphatic heterocycles. The van der Waals surface area contributed by atoms with Crippen LogP contribution >= 0.6 is 12.2 Å². The first-order valence-corrected chi connectivity index (χ1v) is 9.65. The van der Waals surface area contributed by atoms with Crippen LogP contribution in [0, 0.1) is 13.8 Å². The van der Waals surface area contributed by atoms with Gasteiger partial charge in [-0.1, -0.05) is 42.5 Å². The molecule has 148 valence electrons. The minimum absolute atomic E-state index is 0.534. The van der Waals surface area contributed by atoms with Crippen LogP contribution < -0.4 is 11.5 Å². The van der Waals surface area contributed by atoms with Crippen molar-refractivity contribution in [3.63, 3.8) is 0 Å². The number of hydrogen-bond acceptors (Lipinski definition) is 4. The second-order valence-electron chi connectivity index (χ2n) is 6.37. The minimum Gasteiger partial charge on any atom is -0.399 e. The van der Waals surface area contributed by atoms with Crippen LogP contribution in [0.3, 0.4) is 0 Å². The third-order valence-electron chi connectivity index (χ3n) is 4.07. The molecular weight excluding hydrogens is 356 g/mol. The van der Waals surface area contributed by atoms with Crippen molar-refractivity contribution < 1.29 is 9.47 Å². The third kappa shape index (κ3) is 9.00. The zero-order valence-corrected chi connectivity index (χ0v) is 17.7. The highest BCUT2D eigenvalue weighted by atomic mass is 32.1. The maximum atomic E-state index is 5.74. The van der Waals surface area contributed by atoms with E-state index in [1.807, 2.05) is 39.0 Å². The van der Waals surface area contributed by atoms with Crippen LogP contribution in [0.15, 0.2) is 36.4 Å². The van der Waals surface area contributed by atoms with Gasteiger partial charge in [-0.05, 0) is 61.6 Å². The lowest BCUT2D eigenvalue weighted by atomic mass is 10.0. The molecule has 5 heteroatoms. The van der Waals surface area contributed by atoms with E-state index in [-0.39, 0.29) is 0 Å². The van der Waals surface area contributed by atoms with Crippen LogP contribution in [-0.4, -0.2) is 18.2 Å². The van der Waals surface area contributed by atoms with Gasteiger partial charge in [0.1, 0.15) is 0 Å². The van der Waals surface area contributed by atoms with Crippen molar-refractivity contribution in [1.29, 1.82) is 0 Å². The average Bonchev–Trinajstić information content (AvgIpc) is 2.63. The molecule has 0 fully saturated rings. The number of anilines is 1. The summed E-state index contributed by atoms with van der Waals surface area (Å²) in [7, 11) is 0. The van der Waals surface area contributed by atoms with Crippen molar-refractivity contribution in [2.24, 2.45) is 5.73 Å². The number of ether oxygens (including phenoxy) is 2. The molecule has 0 aromatic heterocycles. The second kappa shape index (κ2) is 12.4. The first-order chi connectivity index (χ1) is 12.9. The highest BCUT2D eigenvalue weighted by Gasteiger charge is 2.02. The monoisotopic (exact) mass is 388 g/mol. The lowest BCUT2D eigenvalue weighted by Crippen LogP contribution is -2.12. The van der Waals surface area contributed by atoms with Crippen LogP contribution in [-0.2, 0) is 29.1 Å². The van der Waals surface area contributed by atoms with Gasteiger partial charge in [0.15, 0.2) is 0 Å². The molecular formula is C22H32N2O2S. The summed E-state index contributed by atoms with van der Waals surface area (Å²) in [6.07, 6.45) is 0.668. The first kappa shape index (κ1) is 23.1. The Morgan fingerprint density at radius 3 is 1.89 bits per heavy atom. The smallest absolute Gasteiger partial charge is 0.0771 e. The van der Waals surface area contributed by atoms with Gasteiger partial charge < -0.3 is 20.9 Å². The van der Waals surface area contributed by atoms with Gasteiger partial charge in [-0.2, -0.15) is 0 Å². The molecule has 2 rings (SSSR count). The van der Waals surface area contributed by atoms with E-state index in [2.05, 4.69) is 25.1 Å². The maximum absolute atomic E-state index is 5.74. The SMILES string of the molecule is CCOCc1ccc(C)c(CC(N)=S)c1.CCOCc1ccc(C)c(N)c1. The van der Waals surface area contributed by atoms with E-state index in [9.17, 15) is 0 Å². The van der Waals surface area contributed by atoms with Gasteiger partial charge in [0.05, 0.1) is 18.2 Å². The van der Waals surface area contributed by atoms with Crippen molar-refractivity contribution >= 4 is 22.9 Å². The standard InChI is InChI=1S/C12H17NOS.C10H15NO/c1-3-14-8-10-5-4-9(2)11(6-10)7-12(13)15;1-3-12-7-9-5-4-8(2)10(11)6-9/h4-6H,3,7-8H2,1-2H3,(H2,13,15);4-6H,3,7,11H2,1-2H3. The number of benzene rings is 2. The fraction of sp³-hybridized carbons (Fsp3) is 0.409. The van der Waals surface area contributed by atoms with E-state index in [0.717, 1.165) is 30.0 Å². The molecule has 0 spiro atoms. The summed E-state index contributed by atoms with van der Waals surface area (Å²) >= 11 is 4.91. The topological polar surface area (TPSA) is 70.5 Å². The van der Waals surface area contributed by atoms with Crippen LogP contribution in [0.25, 0.3) is 0 Å². The molecule has 27 heavy (non-hydrogen) atoms. The summed E-state index contributed by atoms with van der Waals surface area (Å²) in [6.45, 7) is 10.8. The summed E-state index contributed by atoms with van der Waals surface area (Å²) in [5.41, 5.74) is 18.0. The zero-order valence-electron chi connectivity index (χ0n) is 16.9. The van der Waals surface area contributed by atoms with E-state index < -0.39 is 0 Å². The third-order valence-corrected chi connectivity index (χ3v) is 4.21. The molecule has 2 aromatic carbocycles. The quantitative estimate of drug-likeness (QED) is 0.515. The average molecular weight is 389 g/mol. The Morgan fingerprint density at radius 2 is 1.41 bits per heavy atom. The Hall–Kier alpha value is -1.95. The molecule has 0 atom stereocenters. The Morgan fingerprint density at radius 1 is 0.889 bits per heavy atom. The van der Waals surface area contributed by atoms with Crippen molar-refractivity contribution in [1.82, 2.24) is 0 Å². The van der Waals surface area contributed by atoms with E-state index >= 15 is 0 Å². The normalized spacial score (nSPS) is 10.2. The number of rotatable bonds is 8. The Bertz CT molecular complexity index is 732. The number of nitrogen functional groups attached to an aromatic ring is 1. The molecule has 0 amide bonds. The van der Waals surface area contributed by atoms with Crippen LogP contribution in [0.2, 0.25) is 0 Å². The molecule has 2 aromatic rings. The molecule has 0 radical (unpaired) electrons. The second-order valence-corrected chi connectivity index (χ2v) is 6.89. The number of aryl methyl sites for hydroxylation is 2. The van der Waals surface area contributed by atoms with Crippen molar-refractivity contribution in [3.05, 3.63) is 64.2 Å². The van der Waals surface area contributed by atoms with Crippen molar-refractivity contribution in [2.75, 3.05) is 18.9 Å². The predicted octanol–water partition coefficient (Wildman–Crippen LogP) is 4.47. The Balaban J connectivity index is 0.000000277. The van der Waals surface area contributed by atoms with Gasteiger partial charge in [-0.3, -0.25) is 0 Å². The molecule has 0 aliphatic rings. The fourth-order valence-electron chi connectivity index (χ4n) is 2.41. The van der Waals surface area contributed by atoms with Gasteiger partial charge in [0, 0.05) is 25.3 Å². The molecule has 0 saturated heterocycles. The molecule has 0 aliphatic carbocycles. The highest BCUT2D eigenvalue weighted by molar-refractivity contribution is 7.80. The molecule has 0 bridgehead atoms. The van der Waals surface area contributed by atoms with E-state index in [0.29, 0.717) is 24.6 Å². The van der Waals surface area contributed by atoms with Gasteiger partial charge in [0.25, 0.3) is 0 Å². The molecule has 0 heterocycles. The van der Waals surface area contributed by atoms with Crippen LogP contribution in [0.5, 0.6) is 0 Å². The Kier molecular flexibility index (Phi) is 10.6. The number of thiocarbonyl (C=S) groups is 1. The minimum atomic E-state index is 0.534. The largest absolute Gasteiger partial charge is 0.399 e. The van der Waals surface area contributed by atoms with E-state index in [1.165, 1.54) is 16.7 Å². The van der Waals surface area contributed by atoms with Crippen LogP contribution in [0.1, 0.15) is 41.7 Å². The summed E-state index contributed by atoms with van der Waals surface area (Å²) in [5.74, 6) is 0. The van der Waals surface area contributed by atoms with Gasteiger partial charge >= 0.3 is 0 Å². The zero-order chi connectivity index (χ0) is 20.2. The summed E-state index contributed by atoms with van der Waals surface area (Å²) < 4.78 is 10.6. The van der Waals surface area contributed by atoms with Crippen LogP contribution in [0.4, 0.5) is 5.69 Å². The van der Waals surface area contributed by atoms with Gasteiger partial charge in [-0.15, -0.1) is 0 Å². The number of nitrogens with two attached hydrogens (primary N) is 2. The summed E-state index contributed by atoms with van der Waals surface area (Å²) in [4.78, 5) is 0.534. The molecule has 0 unspecified atom stereocenters. The summed E-state index contributed by atoms with van der Waals surface area (Å²) in [5, 5.41) is 0. The van der Waals surface area contributed by atoms with Gasteiger partial charge in [-0.25, -0.2) is 0 Å². The lowest BCUT2D eigenvalue weighted by molar-refractivity contribution is 0.134. The maximum Gasteiger partial charge on any atom is 0.0771 e. The van der Waals surface area contributed by atoms with E-state index in [1.54, 1.807) is 0 Å². The Labute approximate surface area is 168 Å². The van der Waals surface area contributed by atoms with Crippen molar-refractivity contribution in [3.8, 4) is 0 Å². The summed E-state index contributed by atoms with van der Waals surface area (Å²) in [6, 6.07) is 12.3. The van der Waals surface area contributed by atoms with Gasteiger partial charge in [0.2, 0.25) is 0 Å². The highest BCUT2D eigenvalue weighted by Crippen LogP contribution is 2.14. The fourth-order valence-corrected chi connectivity index (χ4v) is 2.57. The molecule has 0 saturated carbocycles. The van der Waals surface area contributed by atoms with Crippen molar-refractivity contribution in [2.45, 2.75) is 47.3 Å². The molecule has 4 N–H and O–H groups in total. The van der Waals surface area contributed by atoms with E-state index in [4.69, 9.17) is 33.2 Å².